The maximum atomic E-state index is 13.3. The number of nitrogens with one attached hydrogen (secondary N) is 1. The summed E-state index contributed by atoms with van der Waals surface area (Å²) in [5.41, 5.74) is 0.184. The number of aromatic nitrogens is 2. The topological polar surface area (TPSA) is 55.0 Å². The van der Waals surface area contributed by atoms with E-state index < -0.39 is 18.2 Å². The molecule has 2 aromatic heterocycles. The highest BCUT2D eigenvalue weighted by Gasteiger charge is 2.44. The number of hydrogen-bond acceptors (Lipinski definition) is 3. The Kier molecular flexibility index (Phi) is 4.19. The first-order chi connectivity index (χ1) is 11.4. The summed E-state index contributed by atoms with van der Waals surface area (Å²) in [5, 5.41) is 0.675. The number of carbonyl (C=O) groups is 1. The molecule has 1 unspecified atom stereocenters. The number of carbonyl (C=O) groups excluding carboxylic acids is 1. The second-order valence-corrected chi connectivity index (χ2v) is 5.41. The van der Waals surface area contributed by atoms with Gasteiger partial charge in [-0.05, 0) is 24.3 Å². The Hall–Kier alpha value is -2.54. The Balaban J connectivity index is 1.94. The number of hydrogen-bond donors (Lipinski definition) is 1. The molecule has 1 atom stereocenters. The lowest BCUT2D eigenvalue weighted by Crippen LogP contribution is -2.26. The number of alkyl halides is 3. The average Bonchev–Trinajstić information content (AvgIpc) is 3.01. The predicted octanol–water partition coefficient (Wildman–Crippen LogP) is 4.68. The third-order valence-electron chi connectivity index (χ3n) is 3.38. The van der Waals surface area contributed by atoms with Crippen molar-refractivity contribution in [2.24, 2.45) is 0 Å². The van der Waals surface area contributed by atoms with Gasteiger partial charge in [-0.25, -0.2) is 9.78 Å². The third kappa shape index (κ3) is 3.21. The molecular formula is C16H10ClF3N2O2. The molecule has 0 aliphatic rings. The van der Waals surface area contributed by atoms with E-state index in [1.54, 1.807) is 6.07 Å². The molecule has 0 fully saturated rings. The summed E-state index contributed by atoms with van der Waals surface area (Å²) in [4.78, 5) is 19.0. The number of aromatic amines is 1. The van der Waals surface area contributed by atoms with Crippen molar-refractivity contribution in [3.63, 3.8) is 0 Å². The first-order valence-electron chi connectivity index (χ1n) is 6.81. The van der Waals surface area contributed by atoms with Gasteiger partial charge in [0.05, 0.1) is 5.56 Å². The largest absolute Gasteiger partial charge is 0.444 e. The van der Waals surface area contributed by atoms with Crippen LogP contribution in [0, 0.1) is 0 Å². The average molecular weight is 355 g/mol. The lowest BCUT2D eigenvalue weighted by atomic mass is 10.1. The number of benzene rings is 1. The number of rotatable bonds is 3. The van der Waals surface area contributed by atoms with Gasteiger partial charge in [0.15, 0.2) is 0 Å². The molecule has 1 N–H and O–H groups in total. The minimum Gasteiger partial charge on any atom is -0.444 e. The van der Waals surface area contributed by atoms with Gasteiger partial charge in [-0.2, -0.15) is 13.2 Å². The van der Waals surface area contributed by atoms with Crippen molar-refractivity contribution in [1.29, 1.82) is 0 Å². The Morgan fingerprint density at radius 1 is 1.17 bits per heavy atom. The van der Waals surface area contributed by atoms with Gasteiger partial charge in [0, 0.05) is 28.4 Å². The lowest BCUT2D eigenvalue weighted by molar-refractivity contribution is -0.207. The number of nitrogens with zero attached hydrogens (tertiary/aromatic N) is 1. The fourth-order valence-corrected chi connectivity index (χ4v) is 2.40. The smallest absolute Gasteiger partial charge is 0.429 e. The second-order valence-electron chi connectivity index (χ2n) is 4.98. The molecule has 2 heterocycles. The number of ether oxygens (including phenoxy) is 1. The van der Waals surface area contributed by atoms with Gasteiger partial charge in [-0.15, -0.1) is 0 Å². The van der Waals surface area contributed by atoms with E-state index in [4.69, 9.17) is 16.3 Å². The first-order valence-corrected chi connectivity index (χ1v) is 7.19. The van der Waals surface area contributed by atoms with Crippen LogP contribution in [0.15, 0.2) is 48.8 Å². The number of halogens is 4. The zero-order valence-corrected chi connectivity index (χ0v) is 12.7. The van der Waals surface area contributed by atoms with Crippen molar-refractivity contribution in [2.45, 2.75) is 12.3 Å². The highest BCUT2D eigenvalue weighted by atomic mass is 35.5. The molecule has 0 radical (unpaired) electrons. The monoisotopic (exact) mass is 354 g/mol. The molecule has 0 bridgehead atoms. The van der Waals surface area contributed by atoms with Gasteiger partial charge in [0.2, 0.25) is 6.10 Å². The molecule has 4 nitrogen and oxygen atoms in total. The summed E-state index contributed by atoms with van der Waals surface area (Å²) in [6.07, 6.45) is -4.28. The van der Waals surface area contributed by atoms with Gasteiger partial charge in [-0.3, -0.25) is 0 Å². The zero-order valence-electron chi connectivity index (χ0n) is 12.0. The van der Waals surface area contributed by atoms with Crippen LogP contribution in [-0.4, -0.2) is 22.1 Å². The van der Waals surface area contributed by atoms with Crippen molar-refractivity contribution >= 4 is 28.6 Å². The molecule has 8 heteroatoms. The Morgan fingerprint density at radius 3 is 2.54 bits per heavy atom. The van der Waals surface area contributed by atoms with Crippen LogP contribution in [0.3, 0.4) is 0 Å². The number of esters is 1. The van der Waals surface area contributed by atoms with Crippen LogP contribution in [0.2, 0.25) is 5.02 Å². The van der Waals surface area contributed by atoms with Gasteiger partial charge in [0.25, 0.3) is 0 Å². The van der Waals surface area contributed by atoms with Crippen LogP contribution in [0.25, 0.3) is 11.0 Å². The summed E-state index contributed by atoms with van der Waals surface area (Å²) < 4.78 is 44.7. The Morgan fingerprint density at radius 2 is 1.88 bits per heavy atom. The fraction of sp³-hybridized carbons (Fsp3) is 0.125. The minimum absolute atomic E-state index is 0.00413. The maximum absolute atomic E-state index is 13.3. The maximum Gasteiger partial charge on any atom is 0.429 e. The molecule has 124 valence electrons. The van der Waals surface area contributed by atoms with E-state index in [0.717, 1.165) is 0 Å². The van der Waals surface area contributed by atoms with Crippen LogP contribution in [0.4, 0.5) is 13.2 Å². The molecule has 3 rings (SSSR count). The van der Waals surface area contributed by atoms with Crippen molar-refractivity contribution in [3.05, 3.63) is 64.9 Å². The van der Waals surface area contributed by atoms with E-state index in [1.165, 1.54) is 42.7 Å². The second kappa shape index (κ2) is 6.16. The summed E-state index contributed by atoms with van der Waals surface area (Å²) >= 11 is 5.69. The van der Waals surface area contributed by atoms with Gasteiger partial charge < -0.3 is 9.72 Å². The highest BCUT2D eigenvalue weighted by Crippen LogP contribution is 2.37. The minimum atomic E-state index is -4.76. The van der Waals surface area contributed by atoms with Crippen LogP contribution < -0.4 is 0 Å². The van der Waals surface area contributed by atoms with Crippen LogP contribution >= 0.6 is 11.6 Å². The van der Waals surface area contributed by atoms with Gasteiger partial charge in [-0.1, -0.05) is 23.7 Å². The quantitative estimate of drug-likeness (QED) is 0.695. The summed E-state index contributed by atoms with van der Waals surface area (Å²) in [6.45, 7) is 0. The molecule has 1 aromatic carbocycles. The van der Waals surface area contributed by atoms with Crippen LogP contribution in [0.1, 0.15) is 22.0 Å². The van der Waals surface area contributed by atoms with Crippen LogP contribution in [0.5, 0.6) is 0 Å². The van der Waals surface area contributed by atoms with Crippen LogP contribution in [-0.2, 0) is 4.74 Å². The lowest BCUT2D eigenvalue weighted by Gasteiger charge is -2.21. The van der Waals surface area contributed by atoms with Crippen molar-refractivity contribution in [1.82, 2.24) is 9.97 Å². The molecule has 3 aromatic rings. The fourth-order valence-electron chi connectivity index (χ4n) is 2.27. The summed E-state index contributed by atoms with van der Waals surface area (Å²) in [6, 6.07) is 7.82. The van der Waals surface area contributed by atoms with Crippen molar-refractivity contribution in [2.75, 3.05) is 0 Å². The molecule has 24 heavy (non-hydrogen) atoms. The molecule has 0 amide bonds. The van der Waals surface area contributed by atoms with Gasteiger partial charge in [0.1, 0.15) is 5.65 Å². The van der Waals surface area contributed by atoms with E-state index in [0.29, 0.717) is 11.0 Å². The van der Waals surface area contributed by atoms with E-state index in [-0.39, 0.29) is 16.1 Å². The molecule has 0 spiro atoms. The van der Waals surface area contributed by atoms with E-state index in [9.17, 15) is 18.0 Å². The first kappa shape index (κ1) is 16.3. The summed E-state index contributed by atoms with van der Waals surface area (Å²) in [5.74, 6) is -1.08. The van der Waals surface area contributed by atoms with Crippen molar-refractivity contribution < 1.29 is 22.7 Å². The van der Waals surface area contributed by atoms with Crippen molar-refractivity contribution in [3.8, 4) is 0 Å². The molecular weight excluding hydrogens is 345 g/mol. The Bertz CT molecular complexity index is 875. The SMILES string of the molecule is O=C(OC(c1ccc(Cl)cc1)C(F)(F)F)c1ccnc2[nH]ccc12. The molecule has 0 saturated carbocycles. The number of H-pyrrole nitrogens is 1. The van der Waals surface area contributed by atoms with E-state index in [2.05, 4.69) is 9.97 Å². The molecule has 0 aliphatic heterocycles. The number of pyridine rings is 1. The van der Waals surface area contributed by atoms with Gasteiger partial charge >= 0.3 is 12.1 Å². The normalized spacial score (nSPS) is 13.0. The predicted molar refractivity (Wildman–Crippen MR) is 81.8 cm³/mol. The van der Waals surface area contributed by atoms with E-state index in [1.807, 2.05) is 0 Å². The third-order valence-corrected chi connectivity index (χ3v) is 3.63. The molecule has 0 saturated heterocycles. The summed E-state index contributed by atoms with van der Waals surface area (Å²) in [7, 11) is 0. The molecule has 0 aliphatic carbocycles. The van der Waals surface area contributed by atoms with E-state index >= 15 is 0 Å². The number of fused-ring (bicyclic) bond motifs is 1. The standard InChI is InChI=1S/C16H10ClF3N2O2/c17-10-3-1-9(2-4-10)13(16(18,19)20)24-15(23)12-6-8-22-14-11(12)5-7-21-14/h1-8,13H,(H,21,22). The highest BCUT2D eigenvalue weighted by molar-refractivity contribution is 6.30. The zero-order chi connectivity index (χ0) is 17.3. The Labute approximate surface area is 139 Å².